The van der Waals surface area contributed by atoms with E-state index in [4.69, 9.17) is 10.5 Å². The lowest BCUT2D eigenvalue weighted by Gasteiger charge is -2.10. The van der Waals surface area contributed by atoms with Gasteiger partial charge in [-0.1, -0.05) is 12.1 Å². The van der Waals surface area contributed by atoms with E-state index in [1.165, 1.54) is 0 Å². The second-order valence-electron chi connectivity index (χ2n) is 4.16. The molecule has 1 heterocycles. The first-order valence-electron chi connectivity index (χ1n) is 5.58. The molecule has 0 radical (unpaired) electrons. The molecule has 90 valence electrons. The van der Waals surface area contributed by atoms with Crippen LogP contribution in [0.5, 0.6) is 11.6 Å². The number of hydrogen-bond acceptors (Lipinski definition) is 3. The monoisotopic (exact) mass is 231 g/mol. The Labute approximate surface area is 101 Å². The van der Waals surface area contributed by atoms with Crippen molar-refractivity contribution in [2.24, 2.45) is 12.8 Å². The zero-order chi connectivity index (χ0) is 12.4. The normalized spacial score (nSPS) is 10.6. The molecule has 1 aromatic carbocycles. The van der Waals surface area contributed by atoms with Crippen LogP contribution in [0.3, 0.4) is 0 Å². The van der Waals surface area contributed by atoms with Crippen molar-refractivity contribution in [2.75, 3.05) is 0 Å². The van der Waals surface area contributed by atoms with E-state index in [2.05, 4.69) is 5.10 Å². The minimum absolute atomic E-state index is 0.465. The molecule has 0 amide bonds. The Morgan fingerprint density at radius 1 is 1.29 bits per heavy atom. The molecule has 0 aliphatic rings. The van der Waals surface area contributed by atoms with Crippen LogP contribution >= 0.6 is 0 Å². The number of hydrogen-bond donors (Lipinski definition) is 1. The first-order valence-corrected chi connectivity index (χ1v) is 5.58. The van der Waals surface area contributed by atoms with Gasteiger partial charge in [0.05, 0.1) is 5.69 Å². The zero-order valence-corrected chi connectivity index (χ0v) is 10.4. The van der Waals surface area contributed by atoms with E-state index in [1.807, 2.05) is 45.2 Å². The quantitative estimate of drug-likeness (QED) is 0.881. The Morgan fingerprint density at radius 3 is 2.65 bits per heavy atom. The molecule has 0 atom stereocenters. The molecule has 1 aromatic heterocycles. The third-order valence-corrected chi connectivity index (χ3v) is 2.62. The van der Waals surface area contributed by atoms with Gasteiger partial charge in [-0.2, -0.15) is 5.10 Å². The van der Waals surface area contributed by atoms with Crippen LogP contribution in [0.2, 0.25) is 0 Å². The Bertz CT molecular complexity index is 531. The summed E-state index contributed by atoms with van der Waals surface area (Å²) in [6, 6.07) is 7.92. The highest BCUT2D eigenvalue weighted by Gasteiger charge is 2.08. The molecule has 0 bridgehead atoms. The van der Waals surface area contributed by atoms with E-state index in [-0.39, 0.29) is 0 Å². The van der Waals surface area contributed by atoms with Gasteiger partial charge in [0.1, 0.15) is 5.75 Å². The first kappa shape index (κ1) is 11.7. The molecule has 0 saturated carbocycles. The van der Waals surface area contributed by atoms with Crippen molar-refractivity contribution >= 4 is 0 Å². The largest absolute Gasteiger partial charge is 0.439 e. The highest BCUT2D eigenvalue weighted by Crippen LogP contribution is 2.26. The second-order valence-corrected chi connectivity index (χ2v) is 4.16. The van der Waals surface area contributed by atoms with Crippen molar-refractivity contribution in [3.05, 3.63) is 41.1 Å². The Hall–Kier alpha value is -1.81. The van der Waals surface area contributed by atoms with E-state index in [1.54, 1.807) is 4.68 Å². The second kappa shape index (κ2) is 4.59. The number of nitrogens with zero attached hydrogens (tertiary/aromatic N) is 2. The molecule has 0 aliphatic heterocycles. The topological polar surface area (TPSA) is 53.1 Å². The van der Waals surface area contributed by atoms with Gasteiger partial charge in [-0.15, -0.1) is 0 Å². The molecule has 0 aliphatic carbocycles. The van der Waals surface area contributed by atoms with E-state index in [0.29, 0.717) is 6.54 Å². The van der Waals surface area contributed by atoms with Crippen LogP contribution in [-0.2, 0) is 13.6 Å². The fourth-order valence-electron chi connectivity index (χ4n) is 1.72. The van der Waals surface area contributed by atoms with Gasteiger partial charge in [-0.05, 0) is 25.5 Å². The van der Waals surface area contributed by atoms with Crippen molar-refractivity contribution in [1.29, 1.82) is 0 Å². The molecule has 2 aromatic rings. The molecule has 0 saturated heterocycles. The summed E-state index contributed by atoms with van der Waals surface area (Å²) in [5.74, 6) is 1.53. The summed E-state index contributed by atoms with van der Waals surface area (Å²) in [5, 5.41) is 4.25. The maximum Gasteiger partial charge on any atom is 0.217 e. The van der Waals surface area contributed by atoms with Crippen molar-refractivity contribution in [3.8, 4) is 11.6 Å². The summed E-state index contributed by atoms with van der Waals surface area (Å²) < 4.78 is 7.57. The lowest BCUT2D eigenvalue weighted by atomic mass is 10.1. The van der Waals surface area contributed by atoms with Gasteiger partial charge in [-0.3, -0.25) is 0 Å². The maximum absolute atomic E-state index is 5.85. The van der Waals surface area contributed by atoms with Gasteiger partial charge in [0.2, 0.25) is 5.88 Å². The molecule has 2 rings (SSSR count). The molecule has 17 heavy (non-hydrogen) atoms. The molecule has 0 spiro atoms. The average Bonchev–Trinajstić information content (AvgIpc) is 2.58. The molecule has 4 nitrogen and oxygen atoms in total. The fourth-order valence-corrected chi connectivity index (χ4v) is 1.72. The van der Waals surface area contributed by atoms with Gasteiger partial charge >= 0.3 is 0 Å². The zero-order valence-electron chi connectivity index (χ0n) is 10.4. The van der Waals surface area contributed by atoms with Crippen molar-refractivity contribution in [1.82, 2.24) is 9.78 Å². The van der Waals surface area contributed by atoms with Crippen molar-refractivity contribution in [2.45, 2.75) is 20.4 Å². The van der Waals surface area contributed by atoms with Crippen molar-refractivity contribution < 1.29 is 4.74 Å². The lowest BCUT2D eigenvalue weighted by Crippen LogP contribution is -2.01. The third-order valence-electron chi connectivity index (χ3n) is 2.62. The van der Waals surface area contributed by atoms with Crippen molar-refractivity contribution in [3.63, 3.8) is 0 Å². The van der Waals surface area contributed by atoms with E-state index >= 15 is 0 Å². The summed E-state index contributed by atoms with van der Waals surface area (Å²) >= 11 is 0. The summed E-state index contributed by atoms with van der Waals surface area (Å²) in [4.78, 5) is 0. The van der Waals surface area contributed by atoms with Gasteiger partial charge in [-0.25, -0.2) is 4.68 Å². The van der Waals surface area contributed by atoms with Crippen LogP contribution in [0.25, 0.3) is 0 Å². The molecule has 4 heteroatoms. The first-order chi connectivity index (χ1) is 8.10. The summed E-state index contributed by atoms with van der Waals surface area (Å²) in [6.07, 6.45) is 0. The molecule has 2 N–H and O–H groups in total. The van der Waals surface area contributed by atoms with Gasteiger partial charge < -0.3 is 10.5 Å². The van der Waals surface area contributed by atoms with Crippen LogP contribution in [0.1, 0.15) is 16.8 Å². The minimum atomic E-state index is 0.465. The molecule has 0 unspecified atom stereocenters. The Balaban J connectivity index is 2.35. The van der Waals surface area contributed by atoms with Crippen LogP contribution in [0.4, 0.5) is 0 Å². The molecule has 0 fully saturated rings. The van der Waals surface area contributed by atoms with Gasteiger partial charge in [0.25, 0.3) is 0 Å². The third kappa shape index (κ3) is 2.47. The predicted molar refractivity (Wildman–Crippen MR) is 67.1 cm³/mol. The number of benzene rings is 1. The Morgan fingerprint density at radius 2 is 2.06 bits per heavy atom. The van der Waals surface area contributed by atoms with Gasteiger partial charge in [0, 0.05) is 25.2 Å². The number of ether oxygens (including phenoxy) is 1. The molecular weight excluding hydrogens is 214 g/mol. The van der Waals surface area contributed by atoms with Crippen LogP contribution < -0.4 is 10.5 Å². The number of nitrogens with two attached hydrogens (primary N) is 1. The number of aryl methyl sites for hydroxylation is 3. The number of rotatable bonds is 3. The van der Waals surface area contributed by atoms with Crippen LogP contribution in [0, 0.1) is 13.8 Å². The Kier molecular flexibility index (Phi) is 3.15. The van der Waals surface area contributed by atoms with Gasteiger partial charge in [0.15, 0.2) is 0 Å². The average molecular weight is 231 g/mol. The highest BCUT2D eigenvalue weighted by atomic mass is 16.5. The standard InChI is InChI=1S/C13H17N3O/c1-9-4-5-11(8-14)12(6-9)17-13-7-10(2)15-16(13)3/h4-7H,8,14H2,1-3H3. The van der Waals surface area contributed by atoms with Crippen LogP contribution in [0.15, 0.2) is 24.3 Å². The summed E-state index contributed by atoms with van der Waals surface area (Å²) in [5.41, 5.74) is 8.77. The fraction of sp³-hybridized carbons (Fsp3) is 0.308. The smallest absolute Gasteiger partial charge is 0.217 e. The maximum atomic E-state index is 5.85. The number of aromatic nitrogens is 2. The van der Waals surface area contributed by atoms with E-state index in [9.17, 15) is 0 Å². The van der Waals surface area contributed by atoms with E-state index in [0.717, 1.165) is 28.5 Å². The SMILES string of the molecule is Cc1ccc(CN)c(Oc2cc(C)nn2C)c1. The molecular formula is C13H17N3O. The lowest BCUT2D eigenvalue weighted by molar-refractivity contribution is 0.426. The van der Waals surface area contributed by atoms with Crippen LogP contribution in [-0.4, -0.2) is 9.78 Å². The minimum Gasteiger partial charge on any atom is -0.439 e. The summed E-state index contributed by atoms with van der Waals surface area (Å²) in [7, 11) is 1.86. The summed E-state index contributed by atoms with van der Waals surface area (Å²) in [6.45, 7) is 4.43. The highest BCUT2D eigenvalue weighted by molar-refractivity contribution is 5.39. The van der Waals surface area contributed by atoms with E-state index < -0.39 is 0 Å². The predicted octanol–water partition coefficient (Wildman–Crippen LogP) is 2.29.